The smallest absolute Gasteiger partial charge is 0.200 e. The minimum Gasteiger partial charge on any atom is -0.385 e. The van der Waals surface area contributed by atoms with Crippen LogP contribution in [0.15, 0.2) is 12.1 Å². The van der Waals surface area contributed by atoms with Gasteiger partial charge < -0.3 is 32.9 Å². The van der Waals surface area contributed by atoms with Crippen molar-refractivity contribution in [2.24, 2.45) is 0 Å². The lowest BCUT2D eigenvalue weighted by Crippen LogP contribution is -1.98. The SMILES string of the molecule is Nc1cc(=S)nc(N)[nH]1.Nc1cc(N)[nH]c(=S)n1. The van der Waals surface area contributed by atoms with Crippen molar-refractivity contribution in [3.63, 3.8) is 0 Å². The molecule has 0 aliphatic carbocycles. The third-order valence-electron chi connectivity index (χ3n) is 1.57. The number of aromatic amines is 2. The first-order valence-electron chi connectivity index (χ1n) is 4.61. The molecular formula is C8H12N8S2. The molecule has 18 heavy (non-hydrogen) atoms. The first-order valence-corrected chi connectivity index (χ1v) is 5.43. The van der Waals surface area contributed by atoms with Crippen molar-refractivity contribution in [3.05, 3.63) is 21.5 Å². The maximum atomic E-state index is 5.32. The van der Waals surface area contributed by atoms with Gasteiger partial charge in [0.05, 0.1) is 0 Å². The number of nitrogens with one attached hydrogen (secondary N) is 2. The summed E-state index contributed by atoms with van der Waals surface area (Å²) in [4.78, 5) is 12.6. The number of hydrogen-bond donors (Lipinski definition) is 6. The van der Waals surface area contributed by atoms with Gasteiger partial charge in [0.15, 0.2) is 10.7 Å². The highest BCUT2D eigenvalue weighted by Gasteiger charge is 1.87. The number of aromatic nitrogens is 4. The van der Waals surface area contributed by atoms with Crippen LogP contribution in [-0.2, 0) is 0 Å². The van der Waals surface area contributed by atoms with Crippen molar-refractivity contribution < 1.29 is 0 Å². The van der Waals surface area contributed by atoms with E-state index in [1.807, 2.05) is 0 Å². The molecule has 2 aromatic heterocycles. The highest BCUT2D eigenvalue weighted by Crippen LogP contribution is 1.99. The summed E-state index contributed by atoms with van der Waals surface area (Å²) in [6, 6.07) is 3.04. The minimum atomic E-state index is 0.250. The normalized spacial score (nSPS) is 9.33. The fourth-order valence-electron chi connectivity index (χ4n) is 0.992. The van der Waals surface area contributed by atoms with Crippen LogP contribution in [0, 0.1) is 9.41 Å². The van der Waals surface area contributed by atoms with Gasteiger partial charge >= 0.3 is 0 Å². The largest absolute Gasteiger partial charge is 0.385 e. The Labute approximate surface area is 112 Å². The van der Waals surface area contributed by atoms with E-state index in [2.05, 4.69) is 32.2 Å². The lowest BCUT2D eigenvalue weighted by molar-refractivity contribution is 1.15. The second kappa shape index (κ2) is 5.93. The van der Waals surface area contributed by atoms with Crippen LogP contribution < -0.4 is 22.9 Å². The molecule has 2 rings (SSSR count). The Morgan fingerprint density at radius 3 is 1.94 bits per heavy atom. The van der Waals surface area contributed by atoms with Gasteiger partial charge in [-0.2, -0.15) is 0 Å². The Morgan fingerprint density at radius 1 is 0.889 bits per heavy atom. The van der Waals surface area contributed by atoms with E-state index in [0.29, 0.717) is 26.9 Å². The quantitative estimate of drug-likeness (QED) is 0.383. The Bertz CT molecular complexity index is 542. The molecule has 2 aromatic rings. The van der Waals surface area contributed by atoms with Crippen LogP contribution in [0.25, 0.3) is 0 Å². The molecule has 0 radical (unpaired) electrons. The van der Waals surface area contributed by atoms with Crippen molar-refractivity contribution in [1.82, 2.24) is 19.9 Å². The van der Waals surface area contributed by atoms with Gasteiger partial charge in [-0.1, -0.05) is 12.2 Å². The molecule has 8 nitrogen and oxygen atoms in total. The summed E-state index contributed by atoms with van der Waals surface area (Å²) < 4.78 is 0.719. The van der Waals surface area contributed by atoms with E-state index in [4.69, 9.17) is 35.2 Å². The first-order chi connectivity index (χ1) is 8.36. The van der Waals surface area contributed by atoms with Crippen LogP contribution in [0.3, 0.4) is 0 Å². The van der Waals surface area contributed by atoms with E-state index in [1.165, 1.54) is 12.1 Å². The lowest BCUT2D eigenvalue weighted by atomic mass is 10.5. The van der Waals surface area contributed by atoms with Crippen LogP contribution >= 0.6 is 24.4 Å². The van der Waals surface area contributed by atoms with Gasteiger partial charge in [0, 0.05) is 12.1 Å². The number of nitrogens with zero attached hydrogens (tertiary/aromatic N) is 2. The lowest BCUT2D eigenvalue weighted by Gasteiger charge is -1.93. The maximum absolute atomic E-state index is 5.32. The number of H-pyrrole nitrogens is 2. The molecule has 0 bridgehead atoms. The van der Waals surface area contributed by atoms with E-state index in [9.17, 15) is 0 Å². The summed E-state index contributed by atoms with van der Waals surface area (Å²) in [5.41, 5.74) is 21.2. The number of hydrogen-bond acceptors (Lipinski definition) is 8. The zero-order chi connectivity index (χ0) is 13.7. The van der Waals surface area contributed by atoms with E-state index >= 15 is 0 Å². The van der Waals surface area contributed by atoms with Gasteiger partial charge in [-0.05, 0) is 12.2 Å². The van der Waals surface area contributed by atoms with Crippen molar-refractivity contribution in [2.45, 2.75) is 0 Å². The van der Waals surface area contributed by atoms with Crippen molar-refractivity contribution in [3.8, 4) is 0 Å². The van der Waals surface area contributed by atoms with Gasteiger partial charge in [-0.15, -0.1) is 0 Å². The molecule has 0 saturated carbocycles. The highest BCUT2D eigenvalue weighted by molar-refractivity contribution is 7.71. The zero-order valence-corrected chi connectivity index (χ0v) is 10.8. The molecule has 96 valence electrons. The molecule has 0 aromatic carbocycles. The zero-order valence-electron chi connectivity index (χ0n) is 9.18. The minimum absolute atomic E-state index is 0.250. The molecule has 0 aliphatic heterocycles. The van der Waals surface area contributed by atoms with Crippen LogP contribution in [-0.4, -0.2) is 19.9 Å². The first kappa shape index (κ1) is 13.9. The van der Waals surface area contributed by atoms with Gasteiger partial charge in [-0.25, -0.2) is 9.97 Å². The number of rotatable bonds is 0. The predicted octanol–water partition coefficient (Wildman–Crippen LogP) is 0.607. The Kier molecular flexibility index (Phi) is 4.57. The molecule has 0 unspecified atom stereocenters. The molecule has 10 heteroatoms. The molecule has 0 saturated heterocycles. The Hall–Kier alpha value is -2.20. The summed E-state index contributed by atoms with van der Waals surface area (Å²) in [5.74, 6) is 1.47. The van der Waals surface area contributed by atoms with Crippen LogP contribution in [0.4, 0.5) is 23.4 Å². The maximum Gasteiger partial charge on any atom is 0.200 e. The van der Waals surface area contributed by atoms with Crippen LogP contribution in [0.2, 0.25) is 0 Å². The fraction of sp³-hybridized carbons (Fsp3) is 0. The molecule has 0 spiro atoms. The average Bonchev–Trinajstić information content (AvgIpc) is 2.12. The third-order valence-corrected chi connectivity index (χ3v) is 1.97. The summed E-state index contributed by atoms with van der Waals surface area (Å²) >= 11 is 9.36. The molecule has 2 heterocycles. The molecule has 0 amide bonds. The summed E-state index contributed by atoms with van der Waals surface area (Å²) in [5, 5.41) is 0. The number of nitrogens with two attached hydrogens (primary N) is 4. The topological polar surface area (TPSA) is 161 Å². The van der Waals surface area contributed by atoms with E-state index in [0.717, 1.165) is 0 Å². The summed E-state index contributed by atoms with van der Waals surface area (Å²) in [6.07, 6.45) is 0. The second-order valence-corrected chi connectivity index (χ2v) is 3.93. The predicted molar refractivity (Wildman–Crippen MR) is 76.5 cm³/mol. The molecule has 0 fully saturated rings. The van der Waals surface area contributed by atoms with Gasteiger partial charge in [0.2, 0.25) is 0 Å². The Balaban J connectivity index is 0.000000180. The molecule has 10 N–H and O–H groups in total. The van der Waals surface area contributed by atoms with Crippen molar-refractivity contribution >= 4 is 47.8 Å². The van der Waals surface area contributed by atoms with Crippen molar-refractivity contribution in [1.29, 1.82) is 0 Å². The highest BCUT2D eigenvalue weighted by atomic mass is 32.1. The third kappa shape index (κ3) is 4.76. The standard InChI is InChI=1S/2C4H6N4S/c5-2-1-3(9)8-4(6)7-2;5-2-1-3(6)8-4(9)7-2/h2*1H,(H5,5,6,7,8,9). The molecule has 0 atom stereocenters. The van der Waals surface area contributed by atoms with Crippen molar-refractivity contribution in [2.75, 3.05) is 22.9 Å². The molecular weight excluding hydrogens is 272 g/mol. The van der Waals surface area contributed by atoms with Gasteiger partial charge in [0.1, 0.15) is 22.1 Å². The number of anilines is 4. The van der Waals surface area contributed by atoms with Crippen LogP contribution in [0.1, 0.15) is 0 Å². The summed E-state index contributed by atoms with van der Waals surface area (Å²) in [7, 11) is 0. The summed E-state index contributed by atoms with van der Waals surface area (Å²) in [6.45, 7) is 0. The Morgan fingerprint density at radius 2 is 1.50 bits per heavy atom. The monoisotopic (exact) mass is 284 g/mol. The number of nitrogen functional groups attached to an aromatic ring is 4. The fourth-order valence-corrected chi connectivity index (χ4v) is 1.44. The van der Waals surface area contributed by atoms with Gasteiger partial charge in [0.25, 0.3) is 0 Å². The van der Waals surface area contributed by atoms with E-state index in [-0.39, 0.29) is 5.95 Å². The average molecular weight is 284 g/mol. The second-order valence-electron chi connectivity index (χ2n) is 3.13. The van der Waals surface area contributed by atoms with Gasteiger partial charge in [-0.3, -0.25) is 0 Å². The van der Waals surface area contributed by atoms with E-state index in [1.54, 1.807) is 0 Å². The van der Waals surface area contributed by atoms with Crippen LogP contribution in [0.5, 0.6) is 0 Å². The van der Waals surface area contributed by atoms with E-state index < -0.39 is 0 Å². The molecule has 0 aliphatic rings.